The highest BCUT2D eigenvalue weighted by Gasteiger charge is 2.64. The molecular formula is C15H23BNO. The summed E-state index contributed by atoms with van der Waals surface area (Å²) in [7, 11) is 6.61. The molecule has 1 aromatic carbocycles. The van der Waals surface area contributed by atoms with E-state index in [-0.39, 0.29) is 17.6 Å². The first kappa shape index (κ1) is 13.6. The molecule has 2 nitrogen and oxygen atoms in total. The number of benzene rings is 1. The Morgan fingerprint density at radius 3 is 1.89 bits per heavy atom. The Hall–Kier alpha value is -0.795. The molecule has 1 aliphatic heterocycles. The van der Waals surface area contributed by atoms with Crippen molar-refractivity contribution >= 4 is 7.98 Å². The monoisotopic (exact) mass is 244 g/mol. The van der Waals surface area contributed by atoms with E-state index in [0.29, 0.717) is 4.39 Å². The molecule has 0 bridgehead atoms. The zero-order valence-electron chi connectivity index (χ0n) is 12.0. The summed E-state index contributed by atoms with van der Waals surface area (Å²) in [5.74, 6) is 0. The second kappa shape index (κ2) is 3.85. The van der Waals surface area contributed by atoms with Gasteiger partial charge in [-0.3, -0.25) is 0 Å². The Morgan fingerprint density at radius 2 is 1.56 bits per heavy atom. The summed E-state index contributed by atoms with van der Waals surface area (Å²) in [6, 6.07) is 10.5. The Morgan fingerprint density at radius 1 is 1.06 bits per heavy atom. The van der Waals surface area contributed by atoms with E-state index in [1.165, 1.54) is 5.56 Å². The second-order valence-corrected chi connectivity index (χ2v) is 6.96. The number of rotatable bonds is 2. The first-order valence-electron chi connectivity index (χ1n) is 6.54. The molecule has 0 aromatic heterocycles. The van der Waals surface area contributed by atoms with Crippen molar-refractivity contribution in [2.45, 2.75) is 57.8 Å². The normalized spacial score (nSPS) is 32.4. The van der Waals surface area contributed by atoms with Crippen LogP contribution in [0.3, 0.4) is 0 Å². The van der Waals surface area contributed by atoms with Gasteiger partial charge in [-0.1, -0.05) is 30.3 Å². The predicted molar refractivity (Wildman–Crippen MR) is 75.0 cm³/mol. The number of nitrogens with zero attached hydrogens (tertiary/aromatic N) is 1. The van der Waals surface area contributed by atoms with E-state index >= 15 is 0 Å². The van der Waals surface area contributed by atoms with Crippen LogP contribution in [0, 0.1) is 0 Å². The number of hydrogen-bond acceptors (Lipinski definition) is 1. The number of quaternary nitrogens is 1. The van der Waals surface area contributed by atoms with Crippen molar-refractivity contribution in [2.75, 3.05) is 0 Å². The minimum absolute atomic E-state index is 0.0416. The molecular weight excluding hydrogens is 221 g/mol. The molecule has 0 spiro atoms. The molecule has 1 aliphatic rings. The van der Waals surface area contributed by atoms with Gasteiger partial charge >= 0.3 is 0 Å². The van der Waals surface area contributed by atoms with E-state index in [0.717, 1.165) is 0 Å². The lowest BCUT2D eigenvalue weighted by Crippen LogP contribution is -2.48. The van der Waals surface area contributed by atoms with E-state index in [4.69, 9.17) is 7.98 Å². The highest BCUT2D eigenvalue weighted by Crippen LogP contribution is 2.59. The van der Waals surface area contributed by atoms with E-state index in [1.54, 1.807) is 0 Å². The maximum Gasteiger partial charge on any atom is 0.125 e. The SMILES string of the molecule is [B-][N@+]1(C(C)(C)C)C(C(C)(C)O)[C@@H]1c1ccccc1. The van der Waals surface area contributed by atoms with Gasteiger partial charge in [0.25, 0.3) is 0 Å². The fraction of sp³-hybridized carbons (Fsp3) is 0.600. The van der Waals surface area contributed by atoms with Crippen LogP contribution in [0.15, 0.2) is 30.3 Å². The van der Waals surface area contributed by atoms with E-state index in [1.807, 2.05) is 32.0 Å². The molecule has 3 radical (unpaired) electrons. The molecule has 2 rings (SSSR count). The smallest absolute Gasteiger partial charge is 0.125 e. The molecule has 0 saturated carbocycles. The largest absolute Gasteiger partial charge is 0.563 e. The molecule has 1 N–H and O–H groups in total. The van der Waals surface area contributed by atoms with Gasteiger partial charge in [0.05, 0.1) is 0 Å². The third-order valence-electron chi connectivity index (χ3n) is 4.16. The van der Waals surface area contributed by atoms with Crippen LogP contribution in [0.25, 0.3) is 0 Å². The molecule has 1 aromatic rings. The second-order valence-electron chi connectivity index (χ2n) is 6.96. The van der Waals surface area contributed by atoms with E-state index in [2.05, 4.69) is 32.9 Å². The predicted octanol–water partition coefficient (Wildman–Crippen LogP) is 2.58. The summed E-state index contributed by atoms with van der Waals surface area (Å²) >= 11 is 0. The minimum atomic E-state index is -0.775. The average molecular weight is 244 g/mol. The maximum atomic E-state index is 10.4. The highest BCUT2D eigenvalue weighted by atomic mass is 16.3. The Kier molecular flexibility index (Phi) is 2.91. The Labute approximate surface area is 112 Å². The number of hydrogen-bond donors (Lipinski definition) is 1. The quantitative estimate of drug-likeness (QED) is 0.626. The van der Waals surface area contributed by atoms with Crippen LogP contribution in [-0.4, -0.2) is 34.7 Å². The number of aliphatic hydroxyl groups is 1. The summed E-state index contributed by atoms with van der Waals surface area (Å²) in [5, 5.41) is 10.4. The van der Waals surface area contributed by atoms with Crippen LogP contribution < -0.4 is 0 Å². The fourth-order valence-corrected chi connectivity index (χ4v) is 3.18. The fourth-order valence-electron chi connectivity index (χ4n) is 3.18. The van der Waals surface area contributed by atoms with Crippen molar-refractivity contribution in [3.63, 3.8) is 0 Å². The van der Waals surface area contributed by atoms with Crippen LogP contribution in [0.1, 0.15) is 46.2 Å². The minimum Gasteiger partial charge on any atom is -0.563 e. The standard InChI is InChI=1S/C15H23BNO/c1-14(2,3)17(16)12(13(17)15(4,5)18)11-9-7-6-8-10-11/h6-10,12-13,18H,1-5H3/t12-,13?,17-/m0/s1. The molecule has 1 unspecified atom stereocenters. The van der Waals surface area contributed by atoms with Crippen molar-refractivity contribution in [3.05, 3.63) is 35.9 Å². The summed E-state index contributed by atoms with van der Waals surface area (Å²) in [4.78, 5) is 0. The lowest BCUT2D eigenvalue weighted by atomic mass is 9.97. The molecule has 0 amide bonds. The first-order valence-corrected chi connectivity index (χ1v) is 6.54. The van der Waals surface area contributed by atoms with E-state index in [9.17, 15) is 5.11 Å². The van der Waals surface area contributed by atoms with Crippen molar-refractivity contribution in [2.24, 2.45) is 0 Å². The van der Waals surface area contributed by atoms with Crippen LogP contribution in [0.4, 0.5) is 0 Å². The van der Waals surface area contributed by atoms with Gasteiger partial charge in [-0.2, -0.15) is 0 Å². The van der Waals surface area contributed by atoms with Crippen molar-refractivity contribution in [3.8, 4) is 0 Å². The first-order chi connectivity index (χ1) is 8.10. The Bertz CT molecular complexity index is 432. The molecule has 1 saturated heterocycles. The summed E-state index contributed by atoms with van der Waals surface area (Å²) in [6.07, 6.45) is 0. The summed E-state index contributed by atoms with van der Waals surface area (Å²) in [5.41, 5.74) is 0.343. The molecule has 1 fully saturated rings. The molecule has 18 heavy (non-hydrogen) atoms. The van der Waals surface area contributed by atoms with Gasteiger partial charge in [-0.05, 0) is 34.6 Å². The third-order valence-corrected chi connectivity index (χ3v) is 4.16. The zero-order chi connectivity index (χ0) is 13.8. The van der Waals surface area contributed by atoms with Gasteiger partial charge in [-0.15, -0.1) is 0 Å². The summed E-state index contributed by atoms with van der Waals surface area (Å²) < 4.78 is 0.403. The van der Waals surface area contributed by atoms with Crippen LogP contribution in [-0.2, 0) is 0 Å². The van der Waals surface area contributed by atoms with Crippen LogP contribution in [0.2, 0.25) is 0 Å². The topological polar surface area (TPSA) is 20.2 Å². The van der Waals surface area contributed by atoms with Gasteiger partial charge in [0, 0.05) is 11.1 Å². The summed E-state index contributed by atoms with van der Waals surface area (Å²) in [6.45, 7) is 10.1. The van der Waals surface area contributed by atoms with Crippen molar-refractivity contribution in [1.29, 1.82) is 0 Å². The van der Waals surface area contributed by atoms with Crippen molar-refractivity contribution < 1.29 is 9.50 Å². The molecule has 1 heterocycles. The van der Waals surface area contributed by atoms with E-state index < -0.39 is 5.60 Å². The highest BCUT2D eigenvalue weighted by molar-refractivity contribution is 5.99. The van der Waals surface area contributed by atoms with Gasteiger partial charge < -0.3 is 9.50 Å². The third kappa shape index (κ3) is 1.90. The van der Waals surface area contributed by atoms with Crippen molar-refractivity contribution in [1.82, 2.24) is 0 Å². The molecule has 3 heteroatoms. The van der Waals surface area contributed by atoms with Crippen LogP contribution in [0.5, 0.6) is 0 Å². The molecule has 0 aliphatic carbocycles. The lowest BCUT2D eigenvalue weighted by Gasteiger charge is -2.47. The van der Waals surface area contributed by atoms with Crippen LogP contribution >= 0.6 is 0 Å². The maximum absolute atomic E-state index is 10.4. The lowest BCUT2D eigenvalue weighted by molar-refractivity contribution is -0.769. The average Bonchev–Trinajstić information content (AvgIpc) is 2.87. The van der Waals surface area contributed by atoms with Gasteiger partial charge in [0.1, 0.15) is 17.7 Å². The zero-order valence-corrected chi connectivity index (χ0v) is 12.0. The van der Waals surface area contributed by atoms with Gasteiger partial charge in [0.15, 0.2) is 0 Å². The van der Waals surface area contributed by atoms with Gasteiger partial charge in [-0.25, -0.2) is 7.98 Å². The molecule has 97 valence electrons. The van der Waals surface area contributed by atoms with Gasteiger partial charge in [0.2, 0.25) is 0 Å². The molecule has 3 atom stereocenters. The Balaban J connectivity index is 2.42.